The Hall–Kier alpha value is -2.60. The number of ether oxygens (including phenoxy) is 1. The minimum absolute atomic E-state index is 0.272. The van der Waals surface area contributed by atoms with Crippen LogP contribution in [0.15, 0.2) is 52.4 Å². The van der Waals surface area contributed by atoms with Gasteiger partial charge in [0.05, 0.1) is 23.2 Å². The Balaban J connectivity index is 1.98. The number of sulfone groups is 1. The summed E-state index contributed by atoms with van der Waals surface area (Å²) in [6.45, 7) is 5.60. The number of pyridine rings is 1. The number of anilines is 1. The highest BCUT2D eigenvalue weighted by atomic mass is 32.2. The standard InChI is InChI=1S/C24H28N2O3S/c1-17-8-10-20(14-18(17)2)30(27,28)23-16-25-22-11-9-19(29-3)15-21(22)24(23)26-12-6-4-5-7-13-26/h8-11,14-16H,4-7,12-13H2,1-3H3. The van der Waals surface area contributed by atoms with E-state index >= 15 is 0 Å². The lowest BCUT2D eigenvalue weighted by Crippen LogP contribution is -2.26. The predicted molar refractivity (Wildman–Crippen MR) is 120 cm³/mol. The smallest absolute Gasteiger partial charge is 0.210 e. The second-order valence-corrected chi connectivity index (χ2v) is 9.92. The van der Waals surface area contributed by atoms with E-state index in [9.17, 15) is 8.42 Å². The van der Waals surface area contributed by atoms with Gasteiger partial charge in [-0.3, -0.25) is 4.98 Å². The fraction of sp³-hybridized carbons (Fsp3) is 0.375. The minimum atomic E-state index is -3.73. The largest absolute Gasteiger partial charge is 0.497 e. The molecule has 0 saturated carbocycles. The quantitative estimate of drug-likeness (QED) is 0.585. The molecule has 1 aliphatic heterocycles. The molecular weight excluding hydrogens is 396 g/mol. The maximum absolute atomic E-state index is 13.7. The molecule has 2 aromatic carbocycles. The summed E-state index contributed by atoms with van der Waals surface area (Å²) in [5, 5.41) is 0.821. The second kappa shape index (κ2) is 8.26. The fourth-order valence-corrected chi connectivity index (χ4v) is 5.61. The number of fused-ring (bicyclic) bond motifs is 1. The first kappa shape index (κ1) is 20.7. The molecule has 6 heteroatoms. The van der Waals surface area contributed by atoms with E-state index in [1.54, 1.807) is 19.2 Å². The Morgan fingerprint density at radius 1 is 0.933 bits per heavy atom. The van der Waals surface area contributed by atoms with Crippen LogP contribution in [-0.4, -0.2) is 33.6 Å². The van der Waals surface area contributed by atoms with Gasteiger partial charge in [-0.05, 0) is 68.1 Å². The molecule has 0 spiro atoms. The van der Waals surface area contributed by atoms with Gasteiger partial charge < -0.3 is 9.64 Å². The first-order chi connectivity index (χ1) is 14.4. The zero-order chi connectivity index (χ0) is 21.3. The van der Waals surface area contributed by atoms with E-state index in [4.69, 9.17) is 4.74 Å². The molecule has 0 N–H and O–H groups in total. The summed E-state index contributed by atoms with van der Waals surface area (Å²) in [7, 11) is -2.11. The van der Waals surface area contributed by atoms with Crippen LogP contribution in [0.1, 0.15) is 36.8 Å². The van der Waals surface area contributed by atoms with Crippen molar-refractivity contribution in [2.24, 2.45) is 0 Å². The molecule has 2 heterocycles. The zero-order valence-electron chi connectivity index (χ0n) is 17.8. The lowest BCUT2D eigenvalue weighted by atomic mass is 10.1. The molecule has 0 atom stereocenters. The van der Waals surface area contributed by atoms with Gasteiger partial charge in [-0.25, -0.2) is 8.42 Å². The van der Waals surface area contributed by atoms with E-state index in [1.807, 2.05) is 38.1 Å². The van der Waals surface area contributed by atoms with Crippen LogP contribution in [0.3, 0.4) is 0 Å². The van der Waals surface area contributed by atoms with Gasteiger partial charge in [0.1, 0.15) is 10.6 Å². The van der Waals surface area contributed by atoms with E-state index in [2.05, 4.69) is 9.88 Å². The average Bonchev–Trinajstić information content (AvgIpc) is 3.03. The van der Waals surface area contributed by atoms with Gasteiger partial charge in [0.2, 0.25) is 9.84 Å². The molecule has 4 rings (SSSR count). The predicted octanol–water partition coefficient (Wildman–Crippen LogP) is 5.07. The minimum Gasteiger partial charge on any atom is -0.497 e. The number of hydrogen-bond acceptors (Lipinski definition) is 5. The number of benzene rings is 2. The van der Waals surface area contributed by atoms with Crippen LogP contribution < -0.4 is 9.64 Å². The molecule has 0 radical (unpaired) electrons. The summed E-state index contributed by atoms with van der Waals surface area (Å²) < 4.78 is 32.9. The first-order valence-corrected chi connectivity index (χ1v) is 11.9. The fourth-order valence-electron chi connectivity index (χ4n) is 4.09. The van der Waals surface area contributed by atoms with Crippen molar-refractivity contribution in [3.63, 3.8) is 0 Å². The summed E-state index contributed by atoms with van der Waals surface area (Å²) in [6.07, 6.45) is 5.97. The topological polar surface area (TPSA) is 59.5 Å². The molecular formula is C24H28N2O3S. The van der Waals surface area contributed by atoms with Crippen molar-refractivity contribution in [1.29, 1.82) is 0 Å². The highest BCUT2D eigenvalue weighted by Gasteiger charge is 2.27. The summed E-state index contributed by atoms with van der Waals surface area (Å²) in [5.41, 5.74) is 3.55. The average molecular weight is 425 g/mol. The Morgan fingerprint density at radius 3 is 2.33 bits per heavy atom. The monoisotopic (exact) mass is 424 g/mol. The van der Waals surface area contributed by atoms with Gasteiger partial charge in [-0.1, -0.05) is 18.9 Å². The third kappa shape index (κ3) is 3.76. The molecule has 1 saturated heterocycles. The van der Waals surface area contributed by atoms with E-state index in [0.717, 1.165) is 53.6 Å². The third-order valence-electron chi connectivity index (χ3n) is 6.01. The second-order valence-electron chi connectivity index (χ2n) is 8.00. The molecule has 0 amide bonds. The van der Waals surface area contributed by atoms with Gasteiger partial charge in [0.15, 0.2) is 0 Å². The molecule has 5 nitrogen and oxygen atoms in total. The number of hydrogen-bond donors (Lipinski definition) is 0. The Labute approximate surface area is 178 Å². The number of methoxy groups -OCH3 is 1. The Kier molecular flexibility index (Phi) is 5.69. The lowest BCUT2D eigenvalue weighted by molar-refractivity contribution is 0.415. The molecule has 30 heavy (non-hydrogen) atoms. The van der Waals surface area contributed by atoms with E-state index in [1.165, 1.54) is 19.0 Å². The van der Waals surface area contributed by atoms with Crippen molar-refractivity contribution in [1.82, 2.24) is 4.98 Å². The molecule has 3 aromatic rings. The maximum Gasteiger partial charge on any atom is 0.210 e. The molecule has 0 bridgehead atoms. The van der Waals surface area contributed by atoms with Gasteiger partial charge in [-0.2, -0.15) is 0 Å². The number of aromatic nitrogens is 1. The van der Waals surface area contributed by atoms with Crippen LogP contribution >= 0.6 is 0 Å². The van der Waals surface area contributed by atoms with Crippen molar-refractivity contribution >= 4 is 26.4 Å². The van der Waals surface area contributed by atoms with Crippen LogP contribution in [0.25, 0.3) is 10.9 Å². The van der Waals surface area contributed by atoms with Crippen molar-refractivity contribution in [3.8, 4) is 5.75 Å². The maximum atomic E-state index is 13.7. The molecule has 1 fully saturated rings. The van der Waals surface area contributed by atoms with Crippen molar-refractivity contribution in [2.45, 2.75) is 49.3 Å². The number of nitrogens with zero attached hydrogens (tertiary/aromatic N) is 2. The van der Waals surface area contributed by atoms with Crippen LogP contribution in [-0.2, 0) is 9.84 Å². The third-order valence-corrected chi connectivity index (χ3v) is 7.77. The van der Waals surface area contributed by atoms with Gasteiger partial charge >= 0.3 is 0 Å². The molecule has 1 aliphatic rings. The van der Waals surface area contributed by atoms with E-state index < -0.39 is 9.84 Å². The van der Waals surface area contributed by atoms with Crippen LogP contribution in [0.5, 0.6) is 5.75 Å². The van der Waals surface area contributed by atoms with E-state index in [0.29, 0.717) is 10.6 Å². The van der Waals surface area contributed by atoms with Crippen LogP contribution in [0.4, 0.5) is 5.69 Å². The SMILES string of the molecule is COc1ccc2ncc(S(=O)(=O)c3ccc(C)c(C)c3)c(N3CCCCCC3)c2c1. The summed E-state index contributed by atoms with van der Waals surface area (Å²) in [5.74, 6) is 0.695. The van der Waals surface area contributed by atoms with Gasteiger partial charge in [0, 0.05) is 24.7 Å². The normalized spacial score (nSPS) is 15.2. The zero-order valence-corrected chi connectivity index (χ0v) is 18.6. The highest BCUT2D eigenvalue weighted by molar-refractivity contribution is 7.91. The van der Waals surface area contributed by atoms with Crippen LogP contribution in [0, 0.1) is 13.8 Å². The van der Waals surface area contributed by atoms with Gasteiger partial charge in [0.25, 0.3) is 0 Å². The summed E-state index contributed by atoms with van der Waals surface area (Å²) in [4.78, 5) is 7.31. The molecule has 0 unspecified atom stereocenters. The molecule has 1 aromatic heterocycles. The molecule has 158 valence electrons. The number of aryl methyl sites for hydroxylation is 2. The lowest BCUT2D eigenvalue weighted by Gasteiger charge is -2.27. The number of rotatable bonds is 4. The van der Waals surface area contributed by atoms with E-state index in [-0.39, 0.29) is 4.90 Å². The van der Waals surface area contributed by atoms with Crippen molar-refractivity contribution < 1.29 is 13.2 Å². The highest BCUT2D eigenvalue weighted by Crippen LogP contribution is 2.38. The summed E-state index contributed by atoms with van der Waals surface area (Å²) >= 11 is 0. The molecule has 0 aliphatic carbocycles. The summed E-state index contributed by atoms with van der Waals surface area (Å²) in [6, 6.07) is 11.0. The van der Waals surface area contributed by atoms with Crippen LogP contribution in [0.2, 0.25) is 0 Å². The van der Waals surface area contributed by atoms with Crippen molar-refractivity contribution in [2.75, 3.05) is 25.1 Å². The van der Waals surface area contributed by atoms with Gasteiger partial charge in [-0.15, -0.1) is 0 Å². The van der Waals surface area contributed by atoms with Crippen molar-refractivity contribution in [3.05, 3.63) is 53.7 Å². The Bertz CT molecular complexity index is 1180. The Morgan fingerprint density at radius 2 is 1.67 bits per heavy atom. The first-order valence-electron chi connectivity index (χ1n) is 10.5.